The molecular weight excluding hydrogens is 292 g/mol. The monoisotopic (exact) mass is 308 g/mol. The Morgan fingerprint density at radius 1 is 1.50 bits per heavy atom. The summed E-state index contributed by atoms with van der Waals surface area (Å²) in [4.78, 5) is 21.4. The molecule has 9 nitrogen and oxygen atoms in total. The Labute approximate surface area is 126 Å². The Balaban J connectivity index is 2.21. The number of aliphatic carboxylic acids is 1. The van der Waals surface area contributed by atoms with E-state index in [9.17, 15) is 14.9 Å². The van der Waals surface area contributed by atoms with E-state index < -0.39 is 16.9 Å². The molecule has 0 spiro atoms. The highest BCUT2D eigenvalue weighted by Crippen LogP contribution is 2.32. The first-order chi connectivity index (χ1) is 10.5. The lowest BCUT2D eigenvalue weighted by Crippen LogP contribution is -2.40. The molecule has 0 saturated carbocycles. The van der Waals surface area contributed by atoms with E-state index in [0.29, 0.717) is 18.7 Å². The van der Waals surface area contributed by atoms with Gasteiger partial charge in [-0.3, -0.25) is 15.1 Å². The van der Waals surface area contributed by atoms with Gasteiger partial charge in [-0.25, -0.2) is 4.79 Å². The number of piperidine rings is 1. The Kier molecular flexibility index (Phi) is 4.87. The summed E-state index contributed by atoms with van der Waals surface area (Å²) in [6, 6.07) is 3.27. The number of nitro benzene ring substituents is 1. The predicted molar refractivity (Wildman–Crippen MR) is 76.1 cm³/mol. The summed E-state index contributed by atoms with van der Waals surface area (Å²) in [5.74, 6) is -0.726. The van der Waals surface area contributed by atoms with Crippen LogP contribution in [-0.4, -0.2) is 40.7 Å². The van der Waals surface area contributed by atoms with Gasteiger partial charge < -0.3 is 9.84 Å². The normalized spacial score (nSPS) is 18.4. The minimum Gasteiger partial charge on any atom is -0.494 e. The number of benzene rings is 1. The van der Waals surface area contributed by atoms with Crippen LogP contribution in [0.25, 0.3) is 0 Å². The SMILES string of the molecule is COc1cc([N+](=O)[O-])ccc1N=NN1CCCCC1C(=O)O. The number of rotatable bonds is 5. The lowest BCUT2D eigenvalue weighted by atomic mass is 10.0. The summed E-state index contributed by atoms with van der Waals surface area (Å²) in [7, 11) is 1.37. The van der Waals surface area contributed by atoms with E-state index in [-0.39, 0.29) is 11.4 Å². The lowest BCUT2D eigenvalue weighted by molar-refractivity contribution is -0.384. The van der Waals surface area contributed by atoms with Crippen molar-refractivity contribution in [2.24, 2.45) is 10.3 Å². The molecule has 1 aliphatic rings. The maximum atomic E-state index is 11.2. The summed E-state index contributed by atoms with van der Waals surface area (Å²) in [6.07, 6.45) is 2.20. The number of hydrogen-bond acceptors (Lipinski definition) is 6. The van der Waals surface area contributed by atoms with Crippen LogP contribution < -0.4 is 4.74 Å². The predicted octanol–water partition coefficient (Wildman–Crippen LogP) is 2.54. The third-order valence-electron chi connectivity index (χ3n) is 3.40. The molecule has 2 rings (SSSR count). The van der Waals surface area contributed by atoms with Gasteiger partial charge in [-0.1, -0.05) is 5.22 Å². The maximum Gasteiger partial charge on any atom is 0.328 e. The molecule has 22 heavy (non-hydrogen) atoms. The third-order valence-corrected chi connectivity index (χ3v) is 3.40. The molecule has 1 aromatic carbocycles. The number of hydrogen-bond donors (Lipinski definition) is 1. The number of carboxylic acid groups (broad SMARTS) is 1. The van der Waals surface area contributed by atoms with Crippen molar-refractivity contribution in [1.82, 2.24) is 5.01 Å². The summed E-state index contributed by atoms with van der Waals surface area (Å²) in [6.45, 7) is 0.510. The topological polar surface area (TPSA) is 118 Å². The number of carbonyl (C=O) groups is 1. The van der Waals surface area contributed by atoms with Gasteiger partial charge in [0.25, 0.3) is 5.69 Å². The van der Waals surface area contributed by atoms with Gasteiger partial charge >= 0.3 is 5.97 Å². The molecule has 1 aromatic rings. The van der Waals surface area contributed by atoms with Gasteiger partial charge in [0.15, 0.2) is 5.75 Å². The number of nitrogens with zero attached hydrogens (tertiary/aromatic N) is 4. The lowest BCUT2D eigenvalue weighted by Gasteiger charge is -2.28. The molecule has 0 amide bonds. The molecule has 0 aromatic heterocycles. The summed E-state index contributed by atoms with van der Waals surface area (Å²) in [5, 5.41) is 29.3. The first-order valence-electron chi connectivity index (χ1n) is 6.76. The van der Waals surface area contributed by atoms with Crippen molar-refractivity contribution in [2.45, 2.75) is 25.3 Å². The molecule has 0 radical (unpaired) electrons. The van der Waals surface area contributed by atoms with Crippen LogP contribution >= 0.6 is 0 Å². The van der Waals surface area contributed by atoms with Crippen molar-refractivity contribution < 1.29 is 19.6 Å². The molecule has 118 valence electrons. The molecule has 1 fully saturated rings. The van der Waals surface area contributed by atoms with Crippen LogP contribution in [0.5, 0.6) is 5.75 Å². The van der Waals surface area contributed by atoms with Gasteiger partial charge in [0.2, 0.25) is 0 Å². The molecule has 1 N–H and O–H groups in total. The highest BCUT2D eigenvalue weighted by Gasteiger charge is 2.27. The number of non-ortho nitro benzene ring substituents is 1. The molecule has 1 heterocycles. The van der Waals surface area contributed by atoms with Gasteiger partial charge in [-0.15, -0.1) is 5.11 Å². The van der Waals surface area contributed by atoms with Crippen LogP contribution in [0.1, 0.15) is 19.3 Å². The quantitative estimate of drug-likeness (QED) is 0.507. The van der Waals surface area contributed by atoms with Crippen LogP contribution in [0.4, 0.5) is 11.4 Å². The first kappa shape index (κ1) is 15.7. The van der Waals surface area contributed by atoms with Crippen LogP contribution in [0, 0.1) is 10.1 Å². The number of ether oxygens (including phenoxy) is 1. The molecule has 9 heteroatoms. The van der Waals surface area contributed by atoms with Gasteiger partial charge in [0.1, 0.15) is 11.7 Å². The molecule has 1 saturated heterocycles. The molecule has 1 unspecified atom stereocenters. The largest absolute Gasteiger partial charge is 0.494 e. The highest BCUT2D eigenvalue weighted by atomic mass is 16.6. The van der Waals surface area contributed by atoms with Crippen LogP contribution in [0.3, 0.4) is 0 Å². The smallest absolute Gasteiger partial charge is 0.328 e. The zero-order valence-electron chi connectivity index (χ0n) is 12.0. The van der Waals surface area contributed by atoms with Gasteiger partial charge in [-0.2, -0.15) is 0 Å². The van der Waals surface area contributed by atoms with E-state index in [1.807, 2.05) is 0 Å². The summed E-state index contributed by atoms with van der Waals surface area (Å²) in [5.41, 5.74) is 0.194. The fourth-order valence-corrected chi connectivity index (χ4v) is 2.24. The van der Waals surface area contributed by atoms with Crippen molar-refractivity contribution in [2.75, 3.05) is 13.7 Å². The minimum absolute atomic E-state index is 0.114. The second kappa shape index (κ2) is 6.83. The van der Waals surface area contributed by atoms with E-state index in [0.717, 1.165) is 12.8 Å². The highest BCUT2D eigenvalue weighted by molar-refractivity contribution is 5.73. The summed E-state index contributed by atoms with van der Waals surface area (Å²) < 4.78 is 5.06. The van der Waals surface area contributed by atoms with Crippen molar-refractivity contribution >= 4 is 17.3 Å². The van der Waals surface area contributed by atoms with E-state index in [1.165, 1.54) is 30.3 Å². The van der Waals surface area contributed by atoms with E-state index in [1.54, 1.807) is 0 Å². The Bertz CT molecular complexity index is 604. The molecule has 0 bridgehead atoms. The second-order valence-corrected chi connectivity index (χ2v) is 4.82. The average Bonchev–Trinajstić information content (AvgIpc) is 2.52. The Hall–Kier alpha value is -2.71. The fourth-order valence-electron chi connectivity index (χ4n) is 2.24. The minimum atomic E-state index is -0.936. The van der Waals surface area contributed by atoms with E-state index in [2.05, 4.69) is 10.3 Å². The second-order valence-electron chi connectivity index (χ2n) is 4.82. The van der Waals surface area contributed by atoms with Crippen molar-refractivity contribution in [3.05, 3.63) is 28.3 Å². The Morgan fingerprint density at radius 2 is 2.27 bits per heavy atom. The number of carboxylic acids is 1. The Morgan fingerprint density at radius 3 is 2.91 bits per heavy atom. The van der Waals surface area contributed by atoms with Gasteiger partial charge in [-0.05, 0) is 25.3 Å². The zero-order valence-corrected chi connectivity index (χ0v) is 12.0. The molecule has 1 aliphatic heterocycles. The summed E-state index contributed by atoms with van der Waals surface area (Å²) >= 11 is 0. The van der Waals surface area contributed by atoms with E-state index >= 15 is 0 Å². The maximum absolute atomic E-state index is 11.2. The number of methoxy groups -OCH3 is 1. The van der Waals surface area contributed by atoms with Gasteiger partial charge in [0, 0.05) is 12.6 Å². The van der Waals surface area contributed by atoms with Crippen molar-refractivity contribution in [3.8, 4) is 5.75 Å². The molecular formula is C13H16N4O5. The first-order valence-corrected chi connectivity index (χ1v) is 6.76. The van der Waals surface area contributed by atoms with Crippen LogP contribution in [0.15, 0.2) is 28.5 Å². The zero-order chi connectivity index (χ0) is 16.1. The van der Waals surface area contributed by atoms with Crippen LogP contribution in [-0.2, 0) is 4.79 Å². The molecule has 0 aliphatic carbocycles. The van der Waals surface area contributed by atoms with E-state index in [4.69, 9.17) is 9.84 Å². The van der Waals surface area contributed by atoms with Crippen molar-refractivity contribution in [1.29, 1.82) is 0 Å². The van der Waals surface area contributed by atoms with Gasteiger partial charge in [0.05, 0.1) is 18.1 Å². The standard InChI is InChI=1S/C13H16N4O5/c1-22-12-8-9(17(20)21)5-6-10(12)14-15-16-7-3-2-4-11(16)13(18)19/h5-6,8,11H,2-4,7H2,1H3,(H,18,19). The van der Waals surface area contributed by atoms with Crippen LogP contribution in [0.2, 0.25) is 0 Å². The third kappa shape index (κ3) is 3.48. The average molecular weight is 308 g/mol. The number of nitro groups is 1. The fraction of sp³-hybridized carbons (Fsp3) is 0.462. The molecule has 1 atom stereocenters. The van der Waals surface area contributed by atoms with Crippen molar-refractivity contribution in [3.63, 3.8) is 0 Å².